The average molecular weight is 407 g/mol. The molecular formula is C21H19ClN6O. The molecule has 2 aromatic carbocycles. The molecule has 4 rings (SSSR count). The maximum atomic E-state index is 12.1. The summed E-state index contributed by atoms with van der Waals surface area (Å²) in [6.07, 6.45) is 7.22. The van der Waals surface area contributed by atoms with Crippen LogP contribution in [0.4, 0.5) is 4.79 Å². The Bertz CT molecular complexity index is 1070. The van der Waals surface area contributed by atoms with Crippen molar-refractivity contribution in [2.24, 2.45) is 0 Å². The van der Waals surface area contributed by atoms with E-state index in [0.29, 0.717) is 18.1 Å². The van der Waals surface area contributed by atoms with E-state index in [1.54, 1.807) is 21.8 Å². The van der Waals surface area contributed by atoms with E-state index in [-0.39, 0.29) is 6.03 Å². The number of hydrogen-bond donors (Lipinski definition) is 2. The first-order chi connectivity index (χ1) is 14.2. The lowest BCUT2D eigenvalue weighted by Crippen LogP contribution is -2.34. The highest BCUT2D eigenvalue weighted by molar-refractivity contribution is 6.30. The number of benzene rings is 2. The van der Waals surface area contributed by atoms with Gasteiger partial charge in [0.05, 0.1) is 17.6 Å². The molecule has 0 fully saturated rings. The van der Waals surface area contributed by atoms with Crippen LogP contribution in [0.1, 0.15) is 11.1 Å². The molecule has 0 unspecified atom stereocenters. The second-order valence-electron chi connectivity index (χ2n) is 6.42. The summed E-state index contributed by atoms with van der Waals surface area (Å²) in [5.41, 5.74) is 3.79. The number of carbonyl (C=O) groups is 1. The van der Waals surface area contributed by atoms with Gasteiger partial charge in [-0.15, -0.1) is 0 Å². The summed E-state index contributed by atoms with van der Waals surface area (Å²) in [6.45, 7) is 0.826. The Kier molecular flexibility index (Phi) is 5.58. The van der Waals surface area contributed by atoms with Crippen LogP contribution in [0, 0.1) is 0 Å². The van der Waals surface area contributed by atoms with Gasteiger partial charge >= 0.3 is 6.03 Å². The largest absolute Gasteiger partial charge is 0.334 e. The minimum Gasteiger partial charge on any atom is -0.334 e. The lowest BCUT2D eigenvalue weighted by atomic mass is 10.2. The highest BCUT2D eigenvalue weighted by Crippen LogP contribution is 2.13. The fourth-order valence-electron chi connectivity index (χ4n) is 2.80. The predicted octanol–water partition coefficient (Wildman–Crippen LogP) is 3.71. The van der Waals surface area contributed by atoms with Crippen molar-refractivity contribution < 1.29 is 4.79 Å². The van der Waals surface area contributed by atoms with Gasteiger partial charge in [0, 0.05) is 42.3 Å². The molecule has 2 N–H and O–H groups in total. The monoisotopic (exact) mass is 406 g/mol. The van der Waals surface area contributed by atoms with Crippen molar-refractivity contribution in [3.63, 3.8) is 0 Å². The standard InChI is InChI=1S/C21H19ClN6O/c22-18-4-8-20(9-5-18)28-15-17(14-26-28)13-24-21(29)23-12-16-2-6-19(7-3-16)27-11-1-10-25-27/h1-11,14-15H,12-13H2,(H2,23,24,29). The molecule has 0 radical (unpaired) electrons. The van der Waals surface area contributed by atoms with E-state index < -0.39 is 0 Å². The maximum absolute atomic E-state index is 12.1. The molecule has 0 bridgehead atoms. The minimum absolute atomic E-state index is 0.236. The van der Waals surface area contributed by atoms with E-state index in [1.165, 1.54) is 0 Å². The number of rotatable bonds is 6. The van der Waals surface area contributed by atoms with E-state index in [9.17, 15) is 4.79 Å². The Morgan fingerprint density at radius 3 is 2.21 bits per heavy atom. The Morgan fingerprint density at radius 1 is 0.862 bits per heavy atom. The van der Waals surface area contributed by atoms with Gasteiger partial charge < -0.3 is 10.6 Å². The molecule has 0 aliphatic carbocycles. The molecule has 4 aromatic rings. The summed E-state index contributed by atoms with van der Waals surface area (Å²) in [5.74, 6) is 0. The maximum Gasteiger partial charge on any atom is 0.315 e. The smallest absolute Gasteiger partial charge is 0.315 e. The first-order valence-electron chi connectivity index (χ1n) is 9.07. The Balaban J connectivity index is 1.25. The molecule has 0 saturated heterocycles. The zero-order chi connectivity index (χ0) is 20.1. The van der Waals surface area contributed by atoms with Gasteiger partial charge in [0.25, 0.3) is 0 Å². The normalized spacial score (nSPS) is 10.7. The van der Waals surface area contributed by atoms with E-state index in [1.807, 2.05) is 67.0 Å². The number of nitrogens with zero attached hydrogens (tertiary/aromatic N) is 4. The quantitative estimate of drug-likeness (QED) is 0.512. The van der Waals surface area contributed by atoms with E-state index in [0.717, 1.165) is 22.5 Å². The molecular weight excluding hydrogens is 388 g/mol. The lowest BCUT2D eigenvalue weighted by molar-refractivity contribution is 0.240. The fraction of sp³-hybridized carbons (Fsp3) is 0.0952. The molecule has 29 heavy (non-hydrogen) atoms. The van der Waals surface area contributed by atoms with Gasteiger partial charge in [-0.3, -0.25) is 0 Å². The molecule has 8 heteroatoms. The van der Waals surface area contributed by atoms with Gasteiger partial charge in [0.2, 0.25) is 0 Å². The molecule has 0 aliphatic heterocycles. The number of aromatic nitrogens is 4. The summed E-state index contributed by atoms with van der Waals surface area (Å²) in [4.78, 5) is 12.1. The highest BCUT2D eigenvalue weighted by Gasteiger charge is 2.05. The molecule has 2 heterocycles. The molecule has 2 aromatic heterocycles. The Labute approximate surface area is 172 Å². The number of hydrogen-bond acceptors (Lipinski definition) is 3. The summed E-state index contributed by atoms with van der Waals surface area (Å²) >= 11 is 5.91. The third kappa shape index (κ3) is 4.83. The van der Waals surface area contributed by atoms with Crippen LogP contribution in [0.5, 0.6) is 0 Å². The van der Waals surface area contributed by atoms with Crippen LogP contribution in [0.3, 0.4) is 0 Å². The highest BCUT2D eigenvalue weighted by atomic mass is 35.5. The number of halogens is 1. The van der Waals surface area contributed by atoms with Crippen molar-refractivity contribution >= 4 is 17.6 Å². The van der Waals surface area contributed by atoms with Crippen LogP contribution >= 0.6 is 11.6 Å². The van der Waals surface area contributed by atoms with Gasteiger partial charge in [-0.25, -0.2) is 14.2 Å². The zero-order valence-corrected chi connectivity index (χ0v) is 16.3. The van der Waals surface area contributed by atoms with Crippen LogP contribution in [-0.2, 0) is 13.1 Å². The second-order valence-corrected chi connectivity index (χ2v) is 6.86. The lowest BCUT2D eigenvalue weighted by Gasteiger charge is -2.08. The number of amides is 2. The third-order valence-corrected chi connectivity index (χ3v) is 4.59. The molecule has 2 amide bonds. The van der Waals surface area contributed by atoms with Crippen molar-refractivity contribution in [1.29, 1.82) is 0 Å². The van der Waals surface area contributed by atoms with E-state index in [4.69, 9.17) is 11.6 Å². The molecule has 7 nitrogen and oxygen atoms in total. The fourth-order valence-corrected chi connectivity index (χ4v) is 2.93. The number of carbonyl (C=O) groups excluding carboxylic acids is 1. The zero-order valence-electron chi connectivity index (χ0n) is 15.5. The molecule has 0 saturated carbocycles. The van der Waals surface area contributed by atoms with Gasteiger partial charge in [0.15, 0.2) is 0 Å². The van der Waals surface area contributed by atoms with Gasteiger partial charge in [-0.2, -0.15) is 10.2 Å². The van der Waals surface area contributed by atoms with Crippen molar-refractivity contribution in [3.05, 3.63) is 95.5 Å². The molecule has 0 atom stereocenters. The predicted molar refractivity (Wildman–Crippen MR) is 111 cm³/mol. The third-order valence-electron chi connectivity index (χ3n) is 4.34. The SMILES string of the molecule is O=C(NCc1ccc(-n2cccn2)cc1)NCc1cnn(-c2ccc(Cl)cc2)c1. The van der Waals surface area contributed by atoms with Crippen molar-refractivity contribution in [2.75, 3.05) is 0 Å². The van der Waals surface area contributed by atoms with Crippen LogP contribution in [0.15, 0.2) is 79.4 Å². The number of urea groups is 1. The first kappa shape index (κ1) is 18.8. The van der Waals surface area contributed by atoms with Crippen LogP contribution in [0.25, 0.3) is 11.4 Å². The van der Waals surface area contributed by atoms with Crippen molar-refractivity contribution in [1.82, 2.24) is 30.2 Å². The van der Waals surface area contributed by atoms with E-state index in [2.05, 4.69) is 20.8 Å². The Morgan fingerprint density at radius 2 is 1.52 bits per heavy atom. The van der Waals surface area contributed by atoms with Gasteiger partial charge in [-0.05, 0) is 48.0 Å². The van der Waals surface area contributed by atoms with Crippen LogP contribution < -0.4 is 10.6 Å². The van der Waals surface area contributed by atoms with Crippen LogP contribution in [0.2, 0.25) is 5.02 Å². The van der Waals surface area contributed by atoms with Crippen LogP contribution in [-0.4, -0.2) is 25.6 Å². The number of nitrogens with one attached hydrogen (secondary N) is 2. The average Bonchev–Trinajstić information content (AvgIpc) is 3.44. The first-order valence-corrected chi connectivity index (χ1v) is 9.45. The topological polar surface area (TPSA) is 76.8 Å². The van der Waals surface area contributed by atoms with Gasteiger partial charge in [0.1, 0.15) is 0 Å². The van der Waals surface area contributed by atoms with E-state index >= 15 is 0 Å². The van der Waals surface area contributed by atoms with Crippen molar-refractivity contribution in [3.8, 4) is 11.4 Å². The molecule has 146 valence electrons. The van der Waals surface area contributed by atoms with Gasteiger partial charge in [-0.1, -0.05) is 23.7 Å². The van der Waals surface area contributed by atoms with Crippen molar-refractivity contribution in [2.45, 2.75) is 13.1 Å². The summed E-state index contributed by atoms with van der Waals surface area (Å²) < 4.78 is 3.53. The molecule has 0 aliphatic rings. The summed E-state index contributed by atoms with van der Waals surface area (Å²) in [5, 5.41) is 14.9. The minimum atomic E-state index is -0.236. The second kappa shape index (κ2) is 8.62. The molecule has 0 spiro atoms. The summed E-state index contributed by atoms with van der Waals surface area (Å²) in [6, 6.07) is 16.9. The Hall–Kier alpha value is -3.58. The summed E-state index contributed by atoms with van der Waals surface area (Å²) in [7, 11) is 0.